The zero-order valence-corrected chi connectivity index (χ0v) is 10.9. The highest BCUT2D eigenvalue weighted by Crippen LogP contribution is 2.11. The second kappa shape index (κ2) is 6.10. The molecule has 2 heterocycles. The normalized spacial score (nSPS) is 20.8. The quantitative estimate of drug-likeness (QED) is 0.867. The molecule has 0 radical (unpaired) electrons. The molecule has 17 heavy (non-hydrogen) atoms. The Labute approximate surface area is 104 Å². The molecule has 1 N–H and O–H groups in total. The number of nitrogens with zero attached hydrogens (tertiary/aromatic N) is 2. The van der Waals surface area contributed by atoms with Crippen LogP contribution in [0.5, 0.6) is 0 Å². The molecule has 3 heteroatoms. The summed E-state index contributed by atoms with van der Waals surface area (Å²) in [5.74, 6) is 1.65. The summed E-state index contributed by atoms with van der Waals surface area (Å²) in [6.07, 6.45) is 9.94. The number of aromatic nitrogens is 2. The first-order valence-electron chi connectivity index (χ1n) is 6.77. The Hall–Kier alpha value is -0.960. The maximum atomic E-state index is 4.47. The number of hydrogen-bond donors (Lipinski definition) is 1. The third-order valence-corrected chi connectivity index (χ3v) is 3.24. The molecule has 1 aromatic heterocycles. The Morgan fingerprint density at radius 3 is 2.65 bits per heavy atom. The molecule has 0 saturated carbocycles. The highest BCUT2D eigenvalue weighted by molar-refractivity contribution is 5.06. The summed E-state index contributed by atoms with van der Waals surface area (Å²) < 4.78 is 0. The van der Waals surface area contributed by atoms with Gasteiger partial charge in [-0.05, 0) is 37.3 Å². The molecule has 0 aliphatic carbocycles. The summed E-state index contributed by atoms with van der Waals surface area (Å²) in [5, 5.41) is 3.53. The Bertz CT molecular complexity index is 326. The highest BCUT2D eigenvalue weighted by atomic mass is 14.9. The van der Waals surface area contributed by atoms with E-state index in [1.807, 2.05) is 12.4 Å². The summed E-state index contributed by atoms with van der Waals surface area (Å²) in [4.78, 5) is 8.95. The average molecular weight is 233 g/mol. The van der Waals surface area contributed by atoms with Crippen LogP contribution in [0, 0.1) is 5.92 Å². The first-order chi connectivity index (χ1) is 8.24. The Morgan fingerprint density at radius 2 is 2.06 bits per heavy atom. The molecule has 1 atom stereocenters. The van der Waals surface area contributed by atoms with Crippen molar-refractivity contribution < 1.29 is 0 Å². The minimum atomic E-state index is 0.583. The van der Waals surface area contributed by atoms with Gasteiger partial charge in [-0.2, -0.15) is 0 Å². The third kappa shape index (κ3) is 4.08. The van der Waals surface area contributed by atoms with Crippen molar-refractivity contribution in [2.75, 3.05) is 6.54 Å². The lowest BCUT2D eigenvalue weighted by Crippen LogP contribution is -2.36. The average Bonchev–Trinajstić information content (AvgIpc) is 2.32. The molecule has 0 amide bonds. The van der Waals surface area contributed by atoms with Crippen molar-refractivity contribution in [3.8, 4) is 0 Å². The van der Waals surface area contributed by atoms with Crippen LogP contribution in [0.1, 0.15) is 44.5 Å². The van der Waals surface area contributed by atoms with Crippen LogP contribution in [0.4, 0.5) is 0 Å². The van der Waals surface area contributed by atoms with Crippen molar-refractivity contribution in [1.29, 1.82) is 0 Å². The zero-order valence-electron chi connectivity index (χ0n) is 10.9. The van der Waals surface area contributed by atoms with E-state index < -0.39 is 0 Å². The van der Waals surface area contributed by atoms with E-state index in [9.17, 15) is 0 Å². The minimum absolute atomic E-state index is 0.583. The van der Waals surface area contributed by atoms with Crippen LogP contribution in [0.2, 0.25) is 0 Å². The van der Waals surface area contributed by atoms with Gasteiger partial charge in [0.2, 0.25) is 0 Å². The molecular weight excluding hydrogens is 210 g/mol. The van der Waals surface area contributed by atoms with Crippen LogP contribution in [0.25, 0.3) is 0 Å². The molecule has 0 bridgehead atoms. The molecule has 0 aromatic carbocycles. The van der Waals surface area contributed by atoms with Crippen LogP contribution in [0.15, 0.2) is 12.4 Å². The standard InChI is InChI=1S/C14H23N3/c1-11(2)7-12-9-16-14(17-10-12)8-13-5-3-4-6-15-13/h9-11,13,15H,3-8H2,1-2H3. The van der Waals surface area contributed by atoms with E-state index in [1.54, 1.807) is 0 Å². The van der Waals surface area contributed by atoms with Gasteiger partial charge in [-0.25, -0.2) is 9.97 Å². The van der Waals surface area contributed by atoms with Gasteiger partial charge in [0.1, 0.15) is 5.82 Å². The van der Waals surface area contributed by atoms with Gasteiger partial charge in [0, 0.05) is 24.9 Å². The summed E-state index contributed by atoms with van der Waals surface area (Å²) in [6.45, 7) is 5.59. The summed E-state index contributed by atoms with van der Waals surface area (Å²) in [7, 11) is 0. The number of piperidine rings is 1. The van der Waals surface area contributed by atoms with Crippen LogP contribution < -0.4 is 5.32 Å². The fourth-order valence-corrected chi connectivity index (χ4v) is 2.38. The van der Waals surface area contributed by atoms with Crippen molar-refractivity contribution in [2.45, 2.75) is 52.0 Å². The molecule has 1 aromatic rings. The van der Waals surface area contributed by atoms with Crippen LogP contribution in [-0.2, 0) is 12.8 Å². The van der Waals surface area contributed by atoms with E-state index in [0.29, 0.717) is 12.0 Å². The minimum Gasteiger partial charge on any atom is -0.314 e. The lowest BCUT2D eigenvalue weighted by molar-refractivity contribution is 0.394. The molecular formula is C14H23N3. The number of rotatable bonds is 4. The molecule has 1 aliphatic heterocycles. The lowest BCUT2D eigenvalue weighted by Gasteiger charge is -2.22. The van der Waals surface area contributed by atoms with Gasteiger partial charge in [-0.1, -0.05) is 20.3 Å². The third-order valence-electron chi connectivity index (χ3n) is 3.24. The van der Waals surface area contributed by atoms with Crippen molar-refractivity contribution >= 4 is 0 Å². The predicted octanol–water partition coefficient (Wildman–Crippen LogP) is 2.36. The van der Waals surface area contributed by atoms with Gasteiger partial charge >= 0.3 is 0 Å². The number of nitrogens with one attached hydrogen (secondary N) is 1. The van der Waals surface area contributed by atoms with Gasteiger partial charge in [-0.3, -0.25) is 0 Å². The van der Waals surface area contributed by atoms with Gasteiger partial charge in [-0.15, -0.1) is 0 Å². The maximum Gasteiger partial charge on any atom is 0.129 e. The first kappa shape index (κ1) is 12.5. The van der Waals surface area contributed by atoms with Crippen molar-refractivity contribution in [3.63, 3.8) is 0 Å². The summed E-state index contributed by atoms with van der Waals surface area (Å²) >= 11 is 0. The van der Waals surface area contributed by atoms with Crippen molar-refractivity contribution in [1.82, 2.24) is 15.3 Å². The Morgan fingerprint density at radius 1 is 1.29 bits per heavy atom. The van der Waals surface area contributed by atoms with Crippen molar-refractivity contribution in [3.05, 3.63) is 23.8 Å². The van der Waals surface area contributed by atoms with Gasteiger partial charge in [0.25, 0.3) is 0 Å². The SMILES string of the molecule is CC(C)Cc1cnc(CC2CCCCN2)nc1. The molecule has 1 saturated heterocycles. The van der Waals surface area contributed by atoms with Gasteiger partial charge in [0.15, 0.2) is 0 Å². The molecule has 1 fully saturated rings. The lowest BCUT2D eigenvalue weighted by atomic mass is 10.0. The van der Waals surface area contributed by atoms with E-state index in [-0.39, 0.29) is 0 Å². The molecule has 94 valence electrons. The fourth-order valence-electron chi connectivity index (χ4n) is 2.38. The fraction of sp³-hybridized carbons (Fsp3) is 0.714. The highest BCUT2D eigenvalue weighted by Gasteiger charge is 2.14. The Balaban J connectivity index is 1.88. The molecule has 1 unspecified atom stereocenters. The molecule has 2 rings (SSSR count). The van der Waals surface area contributed by atoms with E-state index in [4.69, 9.17) is 0 Å². The van der Waals surface area contributed by atoms with E-state index in [1.165, 1.54) is 24.8 Å². The molecule has 0 spiro atoms. The molecule has 3 nitrogen and oxygen atoms in total. The zero-order chi connectivity index (χ0) is 12.1. The maximum absolute atomic E-state index is 4.47. The largest absolute Gasteiger partial charge is 0.314 e. The van der Waals surface area contributed by atoms with E-state index in [0.717, 1.165) is 25.2 Å². The smallest absolute Gasteiger partial charge is 0.129 e. The van der Waals surface area contributed by atoms with Crippen LogP contribution in [0.3, 0.4) is 0 Å². The Kier molecular flexibility index (Phi) is 4.49. The van der Waals surface area contributed by atoms with Gasteiger partial charge < -0.3 is 5.32 Å². The van der Waals surface area contributed by atoms with E-state index >= 15 is 0 Å². The summed E-state index contributed by atoms with van der Waals surface area (Å²) in [6, 6.07) is 0.583. The second-order valence-electron chi connectivity index (χ2n) is 5.46. The number of hydrogen-bond acceptors (Lipinski definition) is 3. The summed E-state index contributed by atoms with van der Waals surface area (Å²) in [5.41, 5.74) is 1.25. The van der Waals surface area contributed by atoms with E-state index in [2.05, 4.69) is 29.1 Å². The monoisotopic (exact) mass is 233 g/mol. The van der Waals surface area contributed by atoms with Crippen molar-refractivity contribution in [2.24, 2.45) is 5.92 Å². The molecule has 1 aliphatic rings. The van der Waals surface area contributed by atoms with Gasteiger partial charge in [0.05, 0.1) is 0 Å². The topological polar surface area (TPSA) is 37.8 Å². The van der Waals surface area contributed by atoms with Crippen LogP contribution in [-0.4, -0.2) is 22.6 Å². The van der Waals surface area contributed by atoms with Crippen LogP contribution >= 0.6 is 0 Å². The second-order valence-corrected chi connectivity index (χ2v) is 5.46. The predicted molar refractivity (Wildman–Crippen MR) is 69.9 cm³/mol. The first-order valence-corrected chi connectivity index (χ1v) is 6.77.